The summed E-state index contributed by atoms with van der Waals surface area (Å²) in [7, 11) is 0. The molecule has 0 radical (unpaired) electrons. The van der Waals surface area contributed by atoms with Crippen LogP contribution in [-0.2, 0) is 16.0 Å². The number of rotatable bonds is 6. The number of primary amides is 1. The van der Waals surface area contributed by atoms with E-state index in [9.17, 15) is 9.59 Å². The van der Waals surface area contributed by atoms with Gasteiger partial charge in [-0.05, 0) is 26.2 Å². The van der Waals surface area contributed by atoms with Gasteiger partial charge >= 0.3 is 12.0 Å². The van der Waals surface area contributed by atoms with E-state index in [0.717, 1.165) is 35.0 Å². The van der Waals surface area contributed by atoms with Crippen molar-refractivity contribution in [2.45, 2.75) is 32.1 Å². The maximum absolute atomic E-state index is 12.0. The lowest BCUT2D eigenvalue weighted by Gasteiger charge is -2.19. The molecular weight excluding hydrogens is 292 g/mol. The second kappa shape index (κ2) is 7.26. The first-order valence-electron chi connectivity index (χ1n) is 7.05. The zero-order valence-corrected chi connectivity index (χ0v) is 12.8. The Kier molecular flexibility index (Phi) is 5.38. The van der Waals surface area contributed by atoms with Crippen LogP contribution in [0.1, 0.15) is 36.3 Å². The van der Waals surface area contributed by atoms with Gasteiger partial charge in [0.1, 0.15) is 5.92 Å². The summed E-state index contributed by atoms with van der Waals surface area (Å²) in [5.74, 6) is -0.435. The molecule has 1 aromatic heterocycles. The Morgan fingerprint density at radius 3 is 3.00 bits per heavy atom. The summed E-state index contributed by atoms with van der Waals surface area (Å²) < 4.78 is 5.12. The minimum atomic E-state index is -0.544. The number of ether oxygens (including phenoxy) is 1. The van der Waals surface area contributed by atoms with Crippen molar-refractivity contribution < 1.29 is 14.3 Å². The monoisotopic (exact) mass is 312 g/mol. The molecule has 0 aliphatic heterocycles. The van der Waals surface area contributed by atoms with Gasteiger partial charge in [-0.2, -0.15) is 0 Å². The van der Waals surface area contributed by atoms with Crippen molar-refractivity contribution in [2.75, 3.05) is 25.0 Å². The number of nitrogens with zero attached hydrogens (tertiary/aromatic N) is 1. The Balaban J connectivity index is 1.98. The summed E-state index contributed by atoms with van der Waals surface area (Å²) >= 11 is 1.56. The zero-order valence-electron chi connectivity index (χ0n) is 12.0. The summed E-state index contributed by atoms with van der Waals surface area (Å²) in [6.45, 7) is 3.17. The molecule has 0 spiro atoms. The number of esters is 1. The number of hydrogen-bond acceptors (Lipinski definition) is 6. The highest BCUT2D eigenvalue weighted by Crippen LogP contribution is 2.37. The van der Waals surface area contributed by atoms with Gasteiger partial charge in [0.15, 0.2) is 5.13 Å². The normalized spacial score (nSPS) is 16.9. The van der Waals surface area contributed by atoms with E-state index in [1.165, 1.54) is 0 Å². The molecule has 1 aromatic rings. The number of nitrogens with one attached hydrogen (secondary N) is 2. The predicted molar refractivity (Wildman–Crippen MR) is 80.5 cm³/mol. The molecule has 1 heterocycles. The van der Waals surface area contributed by atoms with Gasteiger partial charge in [0.25, 0.3) is 0 Å². The predicted octanol–water partition coefficient (Wildman–Crippen LogP) is 1.21. The molecule has 1 atom stereocenters. The minimum Gasteiger partial charge on any atom is -0.465 e. The van der Waals surface area contributed by atoms with Gasteiger partial charge in [0.2, 0.25) is 0 Å². The molecule has 1 aliphatic carbocycles. The van der Waals surface area contributed by atoms with Crippen LogP contribution >= 0.6 is 11.3 Å². The Bertz CT molecular complexity index is 518. The number of carbonyl (C=O) groups is 2. The Hall–Kier alpha value is -1.83. The van der Waals surface area contributed by atoms with E-state index in [1.54, 1.807) is 18.3 Å². The molecule has 0 bridgehead atoms. The van der Waals surface area contributed by atoms with Crippen LogP contribution in [0, 0.1) is 0 Å². The largest absolute Gasteiger partial charge is 0.465 e. The SMILES string of the molecule is CCOC(=O)C1CCCc2sc(NCCNC(N)=O)nc21. The second-order valence-electron chi connectivity index (χ2n) is 4.74. The lowest BCUT2D eigenvalue weighted by Crippen LogP contribution is -2.33. The smallest absolute Gasteiger partial charge is 0.315 e. The van der Waals surface area contributed by atoms with E-state index in [0.29, 0.717) is 19.7 Å². The highest BCUT2D eigenvalue weighted by atomic mass is 32.1. The molecular formula is C13H20N4O3S. The van der Waals surface area contributed by atoms with E-state index in [4.69, 9.17) is 10.5 Å². The van der Waals surface area contributed by atoms with Crippen molar-refractivity contribution in [3.63, 3.8) is 0 Å². The number of fused-ring (bicyclic) bond motifs is 1. The molecule has 1 aliphatic rings. The highest BCUT2D eigenvalue weighted by molar-refractivity contribution is 7.15. The molecule has 116 valence electrons. The number of anilines is 1. The van der Waals surface area contributed by atoms with Crippen molar-refractivity contribution in [1.82, 2.24) is 10.3 Å². The molecule has 2 rings (SSSR count). The van der Waals surface area contributed by atoms with Crippen molar-refractivity contribution in [3.05, 3.63) is 10.6 Å². The van der Waals surface area contributed by atoms with Gasteiger partial charge in [-0.1, -0.05) is 0 Å². The molecule has 7 nitrogen and oxygen atoms in total. The van der Waals surface area contributed by atoms with E-state index < -0.39 is 6.03 Å². The zero-order chi connectivity index (χ0) is 15.2. The van der Waals surface area contributed by atoms with Crippen LogP contribution < -0.4 is 16.4 Å². The number of hydrogen-bond donors (Lipinski definition) is 3. The summed E-state index contributed by atoms with van der Waals surface area (Å²) in [5, 5.41) is 6.40. The van der Waals surface area contributed by atoms with E-state index in [-0.39, 0.29) is 11.9 Å². The van der Waals surface area contributed by atoms with Crippen LogP contribution in [-0.4, -0.2) is 36.7 Å². The third kappa shape index (κ3) is 4.07. The van der Waals surface area contributed by atoms with Crippen LogP contribution in [0.3, 0.4) is 0 Å². The van der Waals surface area contributed by atoms with Crippen LogP contribution in [0.2, 0.25) is 0 Å². The Morgan fingerprint density at radius 1 is 1.48 bits per heavy atom. The van der Waals surface area contributed by atoms with Crippen LogP contribution in [0.4, 0.5) is 9.93 Å². The van der Waals surface area contributed by atoms with Crippen molar-refractivity contribution in [3.8, 4) is 0 Å². The fraction of sp³-hybridized carbons (Fsp3) is 0.615. The average molecular weight is 312 g/mol. The fourth-order valence-electron chi connectivity index (χ4n) is 2.32. The van der Waals surface area contributed by atoms with Crippen LogP contribution in [0.25, 0.3) is 0 Å². The van der Waals surface area contributed by atoms with Crippen molar-refractivity contribution >= 4 is 28.5 Å². The van der Waals surface area contributed by atoms with Gasteiger partial charge < -0.3 is 21.1 Å². The Morgan fingerprint density at radius 2 is 2.29 bits per heavy atom. The first kappa shape index (κ1) is 15.6. The number of nitrogens with two attached hydrogens (primary N) is 1. The van der Waals surface area contributed by atoms with Crippen LogP contribution in [0.5, 0.6) is 0 Å². The average Bonchev–Trinajstić information content (AvgIpc) is 2.86. The van der Waals surface area contributed by atoms with E-state index in [2.05, 4.69) is 15.6 Å². The maximum atomic E-state index is 12.0. The molecule has 4 N–H and O–H groups in total. The maximum Gasteiger partial charge on any atom is 0.315 e. The first-order valence-corrected chi connectivity index (χ1v) is 7.87. The molecule has 0 saturated carbocycles. The van der Waals surface area contributed by atoms with Crippen LogP contribution in [0.15, 0.2) is 0 Å². The van der Waals surface area contributed by atoms with Gasteiger partial charge in [0, 0.05) is 18.0 Å². The molecule has 0 fully saturated rings. The second-order valence-corrected chi connectivity index (χ2v) is 5.83. The molecule has 21 heavy (non-hydrogen) atoms. The standard InChI is InChI=1S/C13H20N4O3S/c1-2-20-11(18)8-4-3-5-9-10(8)17-13(21-9)16-7-6-15-12(14)19/h8H,2-7H2,1H3,(H,16,17)(H3,14,15,19). The van der Waals surface area contributed by atoms with E-state index in [1.807, 2.05) is 0 Å². The minimum absolute atomic E-state index is 0.189. The number of thiazole rings is 1. The highest BCUT2D eigenvalue weighted by Gasteiger charge is 2.31. The molecule has 0 aromatic carbocycles. The van der Waals surface area contributed by atoms with Gasteiger partial charge in [-0.25, -0.2) is 9.78 Å². The fourth-order valence-corrected chi connectivity index (χ4v) is 3.41. The lowest BCUT2D eigenvalue weighted by atomic mass is 9.91. The third-order valence-electron chi connectivity index (χ3n) is 3.23. The topological polar surface area (TPSA) is 106 Å². The summed E-state index contributed by atoms with van der Waals surface area (Å²) in [6.07, 6.45) is 2.71. The van der Waals surface area contributed by atoms with Gasteiger partial charge in [-0.15, -0.1) is 11.3 Å². The number of aryl methyl sites for hydroxylation is 1. The number of carbonyl (C=O) groups excluding carboxylic acids is 2. The molecule has 8 heteroatoms. The quantitative estimate of drug-likeness (QED) is 0.540. The molecule has 2 amide bonds. The summed E-state index contributed by atoms with van der Waals surface area (Å²) in [6, 6.07) is -0.544. The number of urea groups is 1. The lowest BCUT2D eigenvalue weighted by molar-refractivity contribution is -0.145. The summed E-state index contributed by atoms with van der Waals surface area (Å²) in [4.78, 5) is 28.2. The third-order valence-corrected chi connectivity index (χ3v) is 4.31. The van der Waals surface area contributed by atoms with Crippen molar-refractivity contribution in [1.29, 1.82) is 0 Å². The summed E-state index contributed by atoms with van der Waals surface area (Å²) in [5.41, 5.74) is 5.83. The number of amides is 2. The van der Waals surface area contributed by atoms with Gasteiger partial charge in [-0.3, -0.25) is 4.79 Å². The van der Waals surface area contributed by atoms with Gasteiger partial charge in [0.05, 0.1) is 12.3 Å². The molecule has 0 saturated heterocycles. The van der Waals surface area contributed by atoms with Crippen molar-refractivity contribution in [2.24, 2.45) is 5.73 Å². The first-order chi connectivity index (χ1) is 10.1. The number of aromatic nitrogens is 1. The Labute approximate surface area is 127 Å². The molecule has 1 unspecified atom stereocenters. The van der Waals surface area contributed by atoms with E-state index >= 15 is 0 Å².